The van der Waals surface area contributed by atoms with E-state index < -0.39 is 17.7 Å². The first-order valence-electron chi connectivity index (χ1n) is 5.57. The van der Waals surface area contributed by atoms with Crippen LogP contribution in [-0.2, 0) is 4.79 Å². The largest absolute Gasteiger partial charge is 0.481 e. The highest BCUT2D eigenvalue weighted by molar-refractivity contribution is 9.10. The van der Waals surface area contributed by atoms with Crippen LogP contribution in [0.25, 0.3) is 11.4 Å². The van der Waals surface area contributed by atoms with Crippen molar-refractivity contribution in [1.29, 1.82) is 0 Å². The Morgan fingerprint density at radius 1 is 1.47 bits per heavy atom. The predicted molar refractivity (Wildman–Crippen MR) is 65.9 cm³/mol. The summed E-state index contributed by atoms with van der Waals surface area (Å²) in [5.41, 5.74) is 0.481. The summed E-state index contributed by atoms with van der Waals surface area (Å²) in [4.78, 5) is 14.9. The van der Waals surface area contributed by atoms with Gasteiger partial charge in [0.25, 0.3) is 0 Å². The van der Waals surface area contributed by atoms with Gasteiger partial charge in [-0.1, -0.05) is 21.1 Å². The minimum absolute atomic E-state index is 0.226. The lowest BCUT2D eigenvalue weighted by atomic mass is 10.2. The molecule has 2 unspecified atom stereocenters. The van der Waals surface area contributed by atoms with E-state index >= 15 is 0 Å². The topological polar surface area (TPSA) is 76.2 Å². The van der Waals surface area contributed by atoms with Crippen molar-refractivity contribution in [2.45, 2.75) is 12.3 Å². The van der Waals surface area contributed by atoms with Gasteiger partial charge in [-0.15, -0.1) is 0 Å². The zero-order chi connectivity index (χ0) is 13.6. The highest BCUT2D eigenvalue weighted by Crippen LogP contribution is 2.47. The van der Waals surface area contributed by atoms with E-state index in [1.807, 2.05) is 0 Å². The second-order valence-electron chi connectivity index (χ2n) is 4.40. The van der Waals surface area contributed by atoms with Crippen LogP contribution in [0, 0.1) is 11.7 Å². The number of benzene rings is 1. The van der Waals surface area contributed by atoms with Crippen molar-refractivity contribution >= 4 is 21.9 Å². The van der Waals surface area contributed by atoms with Gasteiger partial charge >= 0.3 is 5.97 Å². The van der Waals surface area contributed by atoms with E-state index in [9.17, 15) is 9.18 Å². The molecule has 0 saturated heterocycles. The van der Waals surface area contributed by atoms with Gasteiger partial charge in [0, 0.05) is 10.0 Å². The molecule has 1 fully saturated rings. The Bertz CT molecular complexity index is 638. The molecule has 0 radical (unpaired) electrons. The van der Waals surface area contributed by atoms with E-state index in [1.54, 1.807) is 6.07 Å². The highest BCUT2D eigenvalue weighted by atomic mass is 79.9. The Hall–Kier alpha value is -1.76. The van der Waals surface area contributed by atoms with E-state index in [-0.39, 0.29) is 11.7 Å². The van der Waals surface area contributed by atoms with E-state index in [0.717, 1.165) is 0 Å². The molecule has 0 spiro atoms. The molecule has 1 aliphatic carbocycles. The van der Waals surface area contributed by atoms with Gasteiger partial charge in [0.15, 0.2) is 0 Å². The lowest BCUT2D eigenvalue weighted by Gasteiger charge is -1.96. The number of hydrogen-bond donors (Lipinski definition) is 1. The lowest BCUT2D eigenvalue weighted by molar-refractivity contribution is -0.138. The molecule has 2 aromatic rings. The highest BCUT2D eigenvalue weighted by Gasteiger charge is 2.48. The van der Waals surface area contributed by atoms with Gasteiger partial charge in [0.2, 0.25) is 11.7 Å². The second-order valence-corrected chi connectivity index (χ2v) is 5.32. The van der Waals surface area contributed by atoms with Crippen LogP contribution in [0.3, 0.4) is 0 Å². The Labute approximate surface area is 115 Å². The van der Waals surface area contributed by atoms with Gasteiger partial charge in [0.1, 0.15) is 5.82 Å². The number of carbonyl (C=O) groups is 1. The molecule has 98 valence electrons. The molecule has 7 heteroatoms. The molecule has 1 heterocycles. The molecule has 1 N–H and O–H groups in total. The quantitative estimate of drug-likeness (QED) is 0.938. The van der Waals surface area contributed by atoms with Crippen molar-refractivity contribution < 1.29 is 18.8 Å². The monoisotopic (exact) mass is 326 g/mol. The average Bonchev–Trinajstić information content (AvgIpc) is 2.98. The Balaban J connectivity index is 1.87. The normalized spacial score (nSPS) is 21.4. The first kappa shape index (κ1) is 12.3. The minimum atomic E-state index is -0.863. The molecule has 0 amide bonds. The third kappa shape index (κ3) is 2.37. The Morgan fingerprint density at radius 2 is 2.26 bits per heavy atom. The van der Waals surface area contributed by atoms with Gasteiger partial charge in [0.05, 0.1) is 11.8 Å². The first-order chi connectivity index (χ1) is 9.04. The van der Waals surface area contributed by atoms with Crippen LogP contribution in [0.5, 0.6) is 0 Å². The van der Waals surface area contributed by atoms with Crippen molar-refractivity contribution in [3.63, 3.8) is 0 Å². The molecule has 0 aliphatic heterocycles. The maximum Gasteiger partial charge on any atom is 0.307 e. The molecule has 0 bridgehead atoms. The van der Waals surface area contributed by atoms with Crippen molar-refractivity contribution in [1.82, 2.24) is 10.1 Å². The second kappa shape index (κ2) is 4.41. The molecule has 2 atom stereocenters. The molecule has 1 aromatic heterocycles. The van der Waals surface area contributed by atoms with Crippen LogP contribution >= 0.6 is 15.9 Å². The van der Waals surface area contributed by atoms with Gasteiger partial charge < -0.3 is 9.63 Å². The summed E-state index contributed by atoms with van der Waals surface area (Å²) >= 11 is 3.18. The molecule has 1 saturated carbocycles. The van der Waals surface area contributed by atoms with Crippen LogP contribution in [0.2, 0.25) is 0 Å². The van der Waals surface area contributed by atoms with Crippen molar-refractivity contribution in [3.05, 3.63) is 34.4 Å². The summed E-state index contributed by atoms with van der Waals surface area (Å²) in [7, 11) is 0. The van der Waals surface area contributed by atoms with Crippen molar-refractivity contribution in [2.24, 2.45) is 5.92 Å². The number of nitrogens with zero attached hydrogens (tertiary/aromatic N) is 2. The molecule has 5 nitrogen and oxygen atoms in total. The summed E-state index contributed by atoms with van der Waals surface area (Å²) in [6, 6.07) is 4.28. The van der Waals surface area contributed by atoms with E-state index in [2.05, 4.69) is 26.1 Å². The van der Waals surface area contributed by atoms with Crippen molar-refractivity contribution in [2.75, 3.05) is 0 Å². The zero-order valence-corrected chi connectivity index (χ0v) is 11.1. The van der Waals surface area contributed by atoms with Crippen molar-refractivity contribution in [3.8, 4) is 11.4 Å². The SMILES string of the molecule is O=C(O)C1CC1c1nc(-c2cc(F)cc(Br)c2)no1. The standard InChI is InChI=1S/C12H8BrFN2O3/c13-6-1-5(2-7(14)3-6)10-15-11(19-16-10)8-4-9(8)12(17)18/h1-3,8-9H,4H2,(H,17,18). The predicted octanol–water partition coefficient (Wildman–Crippen LogP) is 2.83. The Kier molecular flexibility index (Phi) is 2.85. The fourth-order valence-corrected chi connectivity index (χ4v) is 2.39. The Morgan fingerprint density at radius 3 is 2.89 bits per heavy atom. The van der Waals surface area contributed by atoms with Crippen LogP contribution < -0.4 is 0 Å². The molecule has 1 aromatic carbocycles. The third-order valence-corrected chi connectivity index (χ3v) is 3.45. The number of aromatic nitrogens is 2. The number of rotatable bonds is 3. The smallest absolute Gasteiger partial charge is 0.307 e. The summed E-state index contributed by atoms with van der Waals surface area (Å²) in [5.74, 6) is -1.40. The van der Waals surface area contributed by atoms with Crippen LogP contribution in [-0.4, -0.2) is 21.2 Å². The number of aliphatic carboxylic acids is 1. The summed E-state index contributed by atoms with van der Waals surface area (Å²) in [6.45, 7) is 0. The molecular formula is C12H8BrFN2O3. The fraction of sp³-hybridized carbons (Fsp3) is 0.250. The number of hydrogen-bond acceptors (Lipinski definition) is 4. The van der Waals surface area contributed by atoms with Gasteiger partial charge in [-0.05, 0) is 24.6 Å². The zero-order valence-electron chi connectivity index (χ0n) is 9.51. The van der Waals surface area contributed by atoms with Gasteiger partial charge in [-0.2, -0.15) is 4.98 Å². The van der Waals surface area contributed by atoms with E-state index in [0.29, 0.717) is 22.3 Å². The number of carboxylic acid groups (broad SMARTS) is 1. The first-order valence-corrected chi connectivity index (χ1v) is 6.37. The molecule has 3 rings (SSSR count). The third-order valence-electron chi connectivity index (χ3n) is 2.99. The van der Waals surface area contributed by atoms with Crippen LogP contribution in [0.1, 0.15) is 18.2 Å². The van der Waals surface area contributed by atoms with Gasteiger partial charge in [-0.25, -0.2) is 4.39 Å². The number of halogens is 2. The van der Waals surface area contributed by atoms with E-state index in [4.69, 9.17) is 9.63 Å². The maximum atomic E-state index is 13.3. The number of carboxylic acids is 1. The molecule has 1 aliphatic rings. The van der Waals surface area contributed by atoms with Gasteiger partial charge in [-0.3, -0.25) is 4.79 Å². The molecular weight excluding hydrogens is 319 g/mol. The summed E-state index contributed by atoms with van der Waals surface area (Å²) < 4.78 is 18.9. The summed E-state index contributed by atoms with van der Waals surface area (Å²) in [5, 5.41) is 12.6. The fourth-order valence-electron chi connectivity index (χ4n) is 1.93. The molecule has 19 heavy (non-hydrogen) atoms. The van der Waals surface area contributed by atoms with Crippen LogP contribution in [0.15, 0.2) is 27.2 Å². The lowest BCUT2D eigenvalue weighted by Crippen LogP contribution is -1.98. The minimum Gasteiger partial charge on any atom is -0.481 e. The van der Waals surface area contributed by atoms with E-state index in [1.165, 1.54) is 12.1 Å². The average molecular weight is 327 g/mol. The maximum absolute atomic E-state index is 13.3. The summed E-state index contributed by atoms with van der Waals surface area (Å²) in [6.07, 6.45) is 0.504. The van der Waals surface area contributed by atoms with Crippen LogP contribution in [0.4, 0.5) is 4.39 Å².